The van der Waals surface area contributed by atoms with Crippen molar-refractivity contribution in [2.75, 3.05) is 24.8 Å². The molecular weight excluding hydrogens is 442 g/mol. The molecule has 0 bridgehead atoms. The first kappa shape index (κ1) is 22.2. The lowest BCUT2D eigenvalue weighted by atomic mass is 10.0. The zero-order valence-electron chi connectivity index (χ0n) is 16.4. The van der Waals surface area contributed by atoms with Crippen LogP contribution in [0.15, 0.2) is 58.8 Å². The molecule has 0 spiro atoms. The minimum absolute atomic E-state index is 0.205. The number of anilines is 1. The Kier molecular flexibility index (Phi) is 7.79. The van der Waals surface area contributed by atoms with Gasteiger partial charge in [0.1, 0.15) is 16.3 Å². The second-order valence-electron chi connectivity index (χ2n) is 6.09. The molecule has 0 unspecified atom stereocenters. The van der Waals surface area contributed by atoms with Crippen LogP contribution in [0.2, 0.25) is 5.02 Å². The Bertz CT molecular complexity index is 1020. The number of hydrogen-bond donors (Lipinski definition) is 1. The van der Waals surface area contributed by atoms with E-state index in [2.05, 4.69) is 5.32 Å². The van der Waals surface area contributed by atoms with Gasteiger partial charge in [-0.2, -0.15) is 0 Å². The number of carbonyl (C=O) groups excluding carboxylic acids is 2. The van der Waals surface area contributed by atoms with Crippen molar-refractivity contribution in [2.24, 2.45) is 0 Å². The second-order valence-corrected chi connectivity index (χ2v) is 8.46. The minimum Gasteiger partial charge on any atom is -0.497 e. The molecule has 0 saturated heterocycles. The molecule has 30 heavy (non-hydrogen) atoms. The van der Waals surface area contributed by atoms with Gasteiger partial charge in [0.15, 0.2) is 0 Å². The van der Waals surface area contributed by atoms with Crippen molar-refractivity contribution in [3.8, 4) is 16.9 Å². The Balaban J connectivity index is 1.79. The second kappa shape index (κ2) is 10.5. The quantitative estimate of drug-likeness (QED) is 0.330. The zero-order chi connectivity index (χ0) is 21.5. The number of esters is 1. The van der Waals surface area contributed by atoms with Crippen molar-refractivity contribution < 1.29 is 19.1 Å². The van der Waals surface area contributed by atoms with E-state index in [1.807, 2.05) is 41.8 Å². The van der Waals surface area contributed by atoms with Crippen LogP contribution < -0.4 is 10.1 Å². The molecule has 156 valence electrons. The number of hydrogen-bond acceptors (Lipinski definition) is 6. The molecule has 1 N–H and O–H groups in total. The fourth-order valence-electron chi connectivity index (χ4n) is 2.68. The molecular formula is C22H20ClNO4S2. The molecule has 0 atom stereocenters. The molecule has 0 aliphatic heterocycles. The number of amides is 1. The average molecular weight is 462 g/mol. The van der Waals surface area contributed by atoms with Gasteiger partial charge in [-0.3, -0.25) is 4.79 Å². The summed E-state index contributed by atoms with van der Waals surface area (Å²) in [6.07, 6.45) is 0. The largest absolute Gasteiger partial charge is 0.497 e. The number of rotatable bonds is 8. The third-order valence-corrected chi connectivity index (χ3v) is 6.27. The molecule has 1 amide bonds. The minimum atomic E-state index is -0.467. The van der Waals surface area contributed by atoms with E-state index in [1.54, 1.807) is 26.2 Å². The number of benzene rings is 2. The summed E-state index contributed by atoms with van der Waals surface area (Å²) in [5.74, 6) is 0.257. The van der Waals surface area contributed by atoms with Crippen molar-refractivity contribution in [1.82, 2.24) is 0 Å². The van der Waals surface area contributed by atoms with E-state index in [4.69, 9.17) is 21.1 Å². The maximum absolute atomic E-state index is 12.6. The molecule has 0 radical (unpaired) electrons. The molecule has 8 heteroatoms. The van der Waals surface area contributed by atoms with Crippen LogP contribution in [0.4, 0.5) is 5.00 Å². The first-order chi connectivity index (χ1) is 14.5. The van der Waals surface area contributed by atoms with Gasteiger partial charge in [-0.05, 0) is 48.9 Å². The predicted octanol–water partition coefficient (Wildman–Crippen LogP) is 5.98. The molecule has 0 aliphatic carbocycles. The number of halogens is 1. The van der Waals surface area contributed by atoms with Crippen LogP contribution in [0, 0.1) is 0 Å². The van der Waals surface area contributed by atoms with Crippen LogP contribution in [0.3, 0.4) is 0 Å². The third-order valence-electron chi connectivity index (χ3n) is 4.11. The summed E-state index contributed by atoms with van der Waals surface area (Å²) in [5, 5.41) is 5.81. The molecule has 5 nitrogen and oxygen atoms in total. The Hall–Kier alpha value is -2.48. The van der Waals surface area contributed by atoms with Crippen LogP contribution in [0.1, 0.15) is 17.3 Å². The number of methoxy groups -OCH3 is 1. The first-order valence-electron chi connectivity index (χ1n) is 9.13. The molecule has 1 heterocycles. The van der Waals surface area contributed by atoms with E-state index in [9.17, 15) is 9.59 Å². The van der Waals surface area contributed by atoms with Gasteiger partial charge in [0.25, 0.3) is 0 Å². The summed E-state index contributed by atoms with van der Waals surface area (Å²) in [6.45, 7) is 1.99. The molecule has 1 aromatic heterocycles. The maximum Gasteiger partial charge on any atom is 0.341 e. The number of nitrogens with one attached hydrogen (secondary N) is 1. The summed E-state index contributed by atoms with van der Waals surface area (Å²) < 4.78 is 10.4. The Labute approximate surface area is 188 Å². The van der Waals surface area contributed by atoms with Crippen LogP contribution in [0.25, 0.3) is 11.1 Å². The third kappa shape index (κ3) is 5.56. The molecule has 2 aromatic carbocycles. The fraction of sp³-hybridized carbons (Fsp3) is 0.182. The van der Waals surface area contributed by atoms with E-state index in [0.29, 0.717) is 21.2 Å². The van der Waals surface area contributed by atoms with Gasteiger partial charge in [0.05, 0.1) is 19.5 Å². The summed E-state index contributed by atoms with van der Waals surface area (Å²) >= 11 is 8.57. The van der Waals surface area contributed by atoms with Crippen molar-refractivity contribution >= 4 is 51.6 Å². The van der Waals surface area contributed by atoms with Gasteiger partial charge >= 0.3 is 5.97 Å². The first-order valence-corrected chi connectivity index (χ1v) is 11.4. The normalized spacial score (nSPS) is 10.5. The lowest BCUT2D eigenvalue weighted by molar-refractivity contribution is -0.113. The van der Waals surface area contributed by atoms with Crippen LogP contribution in [0.5, 0.6) is 5.75 Å². The molecule has 3 rings (SSSR count). The van der Waals surface area contributed by atoms with Gasteiger partial charge in [-0.15, -0.1) is 23.1 Å². The Morgan fingerprint density at radius 2 is 1.80 bits per heavy atom. The van der Waals surface area contributed by atoms with Gasteiger partial charge in [0, 0.05) is 20.9 Å². The summed E-state index contributed by atoms with van der Waals surface area (Å²) in [4.78, 5) is 26.1. The lowest BCUT2D eigenvalue weighted by Gasteiger charge is -2.09. The van der Waals surface area contributed by atoms with Gasteiger partial charge in [-0.25, -0.2) is 4.79 Å². The molecule has 0 fully saturated rings. The molecule has 0 aliphatic rings. The highest BCUT2D eigenvalue weighted by Crippen LogP contribution is 2.37. The number of carbonyl (C=O) groups is 2. The number of thioether (sulfide) groups is 1. The van der Waals surface area contributed by atoms with Gasteiger partial charge in [-0.1, -0.05) is 23.7 Å². The van der Waals surface area contributed by atoms with Crippen molar-refractivity contribution in [3.63, 3.8) is 0 Å². The average Bonchev–Trinajstić information content (AvgIpc) is 3.17. The monoisotopic (exact) mass is 461 g/mol. The van der Waals surface area contributed by atoms with E-state index in [-0.39, 0.29) is 18.3 Å². The van der Waals surface area contributed by atoms with E-state index in [1.165, 1.54) is 23.1 Å². The highest BCUT2D eigenvalue weighted by molar-refractivity contribution is 8.00. The van der Waals surface area contributed by atoms with Crippen LogP contribution in [-0.2, 0) is 9.53 Å². The number of ether oxygens (including phenoxy) is 2. The summed E-state index contributed by atoms with van der Waals surface area (Å²) in [7, 11) is 1.60. The van der Waals surface area contributed by atoms with E-state index < -0.39 is 5.97 Å². The zero-order valence-corrected chi connectivity index (χ0v) is 18.8. The smallest absolute Gasteiger partial charge is 0.341 e. The molecule has 0 saturated carbocycles. The van der Waals surface area contributed by atoms with Crippen molar-refractivity contribution in [3.05, 3.63) is 64.5 Å². The maximum atomic E-state index is 12.6. The van der Waals surface area contributed by atoms with Crippen LogP contribution >= 0.6 is 34.7 Å². The topological polar surface area (TPSA) is 64.6 Å². The highest BCUT2D eigenvalue weighted by Gasteiger charge is 2.23. The highest BCUT2D eigenvalue weighted by atomic mass is 35.5. The summed E-state index contributed by atoms with van der Waals surface area (Å²) in [5.41, 5.74) is 1.91. The standard InChI is InChI=1S/C22H20ClNO4S2/c1-3-28-22(26)20-18(14-4-8-16(27-2)9-5-14)12-30-21(20)24-19(25)13-29-17-10-6-15(23)7-11-17/h4-12H,3,13H2,1-2H3,(H,24,25). The number of thiophene rings is 1. The van der Waals surface area contributed by atoms with E-state index in [0.717, 1.165) is 16.2 Å². The van der Waals surface area contributed by atoms with E-state index >= 15 is 0 Å². The fourth-order valence-corrected chi connectivity index (χ4v) is 4.48. The van der Waals surface area contributed by atoms with Crippen molar-refractivity contribution in [1.29, 1.82) is 0 Å². The Morgan fingerprint density at radius 3 is 2.43 bits per heavy atom. The summed E-state index contributed by atoms with van der Waals surface area (Å²) in [6, 6.07) is 14.7. The predicted molar refractivity (Wildman–Crippen MR) is 123 cm³/mol. The van der Waals surface area contributed by atoms with Gasteiger partial charge < -0.3 is 14.8 Å². The van der Waals surface area contributed by atoms with Gasteiger partial charge in [0.2, 0.25) is 5.91 Å². The van der Waals surface area contributed by atoms with Crippen molar-refractivity contribution in [2.45, 2.75) is 11.8 Å². The molecule has 3 aromatic rings. The SMILES string of the molecule is CCOC(=O)c1c(-c2ccc(OC)cc2)csc1NC(=O)CSc1ccc(Cl)cc1. The lowest BCUT2D eigenvalue weighted by Crippen LogP contribution is -2.16. The van der Waals surface area contributed by atoms with Crippen LogP contribution in [-0.4, -0.2) is 31.3 Å². The Morgan fingerprint density at radius 1 is 1.10 bits per heavy atom.